The summed E-state index contributed by atoms with van der Waals surface area (Å²) in [6.45, 7) is 7.28. The van der Waals surface area contributed by atoms with Crippen molar-refractivity contribution in [3.05, 3.63) is 40.1 Å². The minimum absolute atomic E-state index is 0.613. The Morgan fingerprint density at radius 3 is 2.59 bits per heavy atom. The number of rotatable bonds is 5. The second-order valence-corrected chi connectivity index (χ2v) is 10.2. The Balaban J connectivity index is 1.43. The second kappa shape index (κ2) is 8.91. The third kappa shape index (κ3) is 4.42. The normalized spacial score (nSPS) is 24.1. The molecular weight excluding hydrogens is 417 g/mol. The SMILES string of the molecule is CN1CCN(CCCCN2C3=C(CCCC3)C([AsH2])c3ccc(Cl)cc32)CC1. The molecule has 2 atom stereocenters. The Morgan fingerprint density at radius 2 is 1.78 bits per heavy atom. The van der Waals surface area contributed by atoms with E-state index in [1.54, 1.807) is 11.3 Å². The van der Waals surface area contributed by atoms with E-state index >= 15 is 0 Å². The van der Waals surface area contributed by atoms with E-state index in [0.717, 1.165) is 11.6 Å². The first kappa shape index (κ1) is 19.8. The first-order valence-corrected chi connectivity index (χ1v) is 12.4. The summed E-state index contributed by atoms with van der Waals surface area (Å²) in [5, 5.41) is 0.871. The molecule has 0 aromatic heterocycles. The summed E-state index contributed by atoms with van der Waals surface area (Å²) in [5.41, 5.74) is 6.23. The fourth-order valence-electron chi connectivity index (χ4n) is 4.83. The van der Waals surface area contributed by atoms with Gasteiger partial charge in [-0.25, -0.2) is 0 Å². The number of piperazine rings is 1. The molecule has 1 aliphatic carbocycles. The molecule has 0 N–H and O–H groups in total. The van der Waals surface area contributed by atoms with Gasteiger partial charge in [0.15, 0.2) is 0 Å². The Bertz CT molecular complexity index is 697. The summed E-state index contributed by atoms with van der Waals surface area (Å²) in [5.74, 6) is 0. The van der Waals surface area contributed by atoms with Crippen LogP contribution in [0.25, 0.3) is 0 Å². The summed E-state index contributed by atoms with van der Waals surface area (Å²) >= 11 is 8.25. The molecule has 3 aliphatic rings. The zero-order chi connectivity index (χ0) is 18.8. The molecule has 1 aromatic rings. The molecule has 4 rings (SSSR count). The Morgan fingerprint density at radius 1 is 1.04 bits per heavy atom. The molecule has 1 fully saturated rings. The Kier molecular flexibility index (Phi) is 6.54. The molecule has 0 saturated carbocycles. The standard InChI is InChI=1S/C22H33AsClN3/c1-25-12-14-26(15-13-25)10-4-5-11-27-20-7-3-2-6-18(20)22(23)19-9-8-17(24)16-21(19)27/h8-9,16,22H,2-7,10-15,23H2,1H3. The van der Waals surface area contributed by atoms with E-state index in [0.29, 0.717) is 4.71 Å². The van der Waals surface area contributed by atoms with Crippen LogP contribution < -0.4 is 4.90 Å². The molecule has 1 aromatic carbocycles. The van der Waals surface area contributed by atoms with Gasteiger partial charge in [-0.15, -0.1) is 0 Å². The maximum absolute atomic E-state index is 6.39. The molecule has 0 radical (unpaired) electrons. The molecule has 27 heavy (non-hydrogen) atoms. The van der Waals surface area contributed by atoms with Crippen LogP contribution in [-0.2, 0) is 0 Å². The molecule has 0 amide bonds. The van der Waals surface area contributed by atoms with Gasteiger partial charge >= 0.3 is 171 Å². The van der Waals surface area contributed by atoms with Gasteiger partial charge in [-0.2, -0.15) is 0 Å². The van der Waals surface area contributed by atoms with Gasteiger partial charge < -0.3 is 0 Å². The van der Waals surface area contributed by atoms with E-state index in [2.05, 4.69) is 39.9 Å². The second-order valence-electron chi connectivity index (χ2n) is 8.36. The van der Waals surface area contributed by atoms with E-state index in [1.165, 1.54) is 82.5 Å². The summed E-state index contributed by atoms with van der Waals surface area (Å²) in [6.07, 6.45) is 7.79. The quantitative estimate of drug-likeness (QED) is 0.501. The van der Waals surface area contributed by atoms with Crippen molar-refractivity contribution in [1.82, 2.24) is 9.80 Å². The molecule has 1 saturated heterocycles. The van der Waals surface area contributed by atoms with Crippen LogP contribution in [-0.4, -0.2) is 73.0 Å². The monoisotopic (exact) mass is 449 g/mol. The fourth-order valence-corrected chi connectivity index (χ4v) is 6.35. The first-order valence-electron chi connectivity index (χ1n) is 10.6. The molecule has 5 heteroatoms. The number of hydrogen-bond donors (Lipinski definition) is 0. The molecule has 2 heterocycles. The van der Waals surface area contributed by atoms with E-state index < -0.39 is 0 Å². The number of benzene rings is 1. The minimum atomic E-state index is 0.613. The molecule has 3 nitrogen and oxygen atoms in total. The van der Waals surface area contributed by atoms with Gasteiger partial charge in [-0.1, -0.05) is 0 Å². The van der Waals surface area contributed by atoms with Crippen molar-refractivity contribution in [2.24, 2.45) is 0 Å². The van der Waals surface area contributed by atoms with Gasteiger partial charge in [0.25, 0.3) is 0 Å². The third-order valence-electron chi connectivity index (χ3n) is 6.50. The van der Waals surface area contributed by atoms with Crippen LogP contribution in [0.3, 0.4) is 0 Å². The van der Waals surface area contributed by atoms with Gasteiger partial charge in [0, 0.05) is 0 Å². The number of unbranched alkanes of at least 4 members (excludes halogenated alkanes) is 1. The van der Waals surface area contributed by atoms with Gasteiger partial charge in [-0.05, 0) is 7.05 Å². The summed E-state index contributed by atoms with van der Waals surface area (Å²) in [7, 11) is 2.23. The van der Waals surface area contributed by atoms with Crippen LogP contribution in [0, 0.1) is 0 Å². The van der Waals surface area contributed by atoms with Crippen molar-refractivity contribution >= 4 is 34.1 Å². The van der Waals surface area contributed by atoms with Crippen molar-refractivity contribution in [3.8, 4) is 0 Å². The zero-order valence-corrected chi connectivity index (χ0v) is 19.8. The van der Waals surface area contributed by atoms with Crippen molar-refractivity contribution in [3.63, 3.8) is 0 Å². The van der Waals surface area contributed by atoms with E-state index in [4.69, 9.17) is 11.6 Å². The molecule has 2 aliphatic heterocycles. The van der Waals surface area contributed by atoms with Crippen LogP contribution in [0.15, 0.2) is 29.5 Å². The first-order chi connectivity index (χ1) is 13.1. The van der Waals surface area contributed by atoms with Crippen LogP contribution in [0.1, 0.15) is 48.8 Å². The van der Waals surface area contributed by atoms with Crippen molar-refractivity contribution in [1.29, 1.82) is 0 Å². The zero-order valence-electron chi connectivity index (χ0n) is 16.6. The number of hydrogen-bond acceptors (Lipinski definition) is 3. The topological polar surface area (TPSA) is 9.72 Å². The van der Waals surface area contributed by atoms with E-state index in [9.17, 15) is 0 Å². The summed E-state index contributed by atoms with van der Waals surface area (Å²) < 4.78 is 0.613. The van der Waals surface area contributed by atoms with Crippen molar-refractivity contribution < 1.29 is 0 Å². The van der Waals surface area contributed by atoms with Gasteiger partial charge in [0.1, 0.15) is 0 Å². The molecule has 0 bridgehead atoms. The number of likely N-dealkylation sites (N-methyl/N-ethyl adjacent to an activating group) is 1. The maximum atomic E-state index is 6.39. The van der Waals surface area contributed by atoms with Gasteiger partial charge in [0.2, 0.25) is 0 Å². The fraction of sp³-hybridized carbons (Fsp3) is 0.636. The number of fused-ring (bicyclic) bond motifs is 1. The number of allylic oxidation sites excluding steroid dienone is 2. The van der Waals surface area contributed by atoms with E-state index in [-0.39, 0.29) is 0 Å². The predicted octanol–water partition coefficient (Wildman–Crippen LogP) is 3.69. The average Bonchev–Trinajstić information content (AvgIpc) is 2.68. The molecule has 0 spiro atoms. The van der Waals surface area contributed by atoms with Crippen molar-refractivity contribution in [2.75, 3.05) is 51.2 Å². The Hall–Kier alpha value is -0.472. The summed E-state index contributed by atoms with van der Waals surface area (Å²) in [6, 6.07) is 6.56. The van der Waals surface area contributed by atoms with Gasteiger partial charge in [0.05, 0.1) is 0 Å². The molecular formula is C22H33AsClN3. The number of nitrogens with zero attached hydrogens (tertiary/aromatic N) is 3. The average molecular weight is 450 g/mol. The number of halogens is 1. The van der Waals surface area contributed by atoms with Gasteiger partial charge in [-0.3, -0.25) is 0 Å². The number of anilines is 1. The molecule has 2 unspecified atom stereocenters. The van der Waals surface area contributed by atoms with Crippen LogP contribution in [0.5, 0.6) is 0 Å². The predicted molar refractivity (Wildman–Crippen MR) is 119 cm³/mol. The molecule has 148 valence electrons. The van der Waals surface area contributed by atoms with Crippen LogP contribution >= 0.6 is 11.6 Å². The third-order valence-corrected chi connectivity index (χ3v) is 8.33. The van der Waals surface area contributed by atoms with E-state index in [1.807, 2.05) is 16.9 Å². The summed E-state index contributed by atoms with van der Waals surface area (Å²) in [4.78, 5) is 7.71. The van der Waals surface area contributed by atoms with Crippen LogP contribution in [0.4, 0.5) is 5.69 Å². The Labute approximate surface area is 178 Å². The van der Waals surface area contributed by atoms with Crippen LogP contribution in [0.2, 0.25) is 5.02 Å². The van der Waals surface area contributed by atoms with Crippen molar-refractivity contribution in [2.45, 2.75) is 43.2 Å².